The molecule has 1 atom stereocenters. The maximum atomic E-state index is 13.2. The van der Waals surface area contributed by atoms with Crippen LogP contribution in [0.4, 0.5) is 4.39 Å². The SMILES string of the molecule is C[C@@H]1CNCCN1CC(=O)N(Cc1ccc(F)cc1)C1CCCCC1. The molecular formula is C20H30FN3O. The Balaban J connectivity index is 1.70. The predicted molar refractivity (Wildman–Crippen MR) is 97.7 cm³/mol. The predicted octanol–water partition coefficient (Wildman–Crippen LogP) is 2.78. The molecule has 1 aliphatic heterocycles. The Kier molecular flexibility index (Phi) is 6.43. The number of carbonyl (C=O) groups is 1. The monoisotopic (exact) mass is 347 g/mol. The van der Waals surface area contributed by atoms with Crippen LogP contribution >= 0.6 is 0 Å². The molecule has 4 nitrogen and oxygen atoms in total. The molecule has 1 aromatic carbocycles. The zero-order valence-corrected chi connectivity index (χ0v) is 15.2. The van der Waals surface area contributed by atoms with Gasteiger partial charge in [-0.1, -0.05) is 31.4 Å². The number of nitrogens with zero attached hydrogens (tertiary/aromatic N) is 2. The number of hydrogen-bond donors (Lipinski definition) is 1. The number of rotatable bonds is 5. The Morgan fingerprint density at radius 1 is 1.24 bits per heavy atom. The molecule has 1 saturated carbocycles. The molecule has 1 aliphatic carbocycles. The highest BCUT2D eigenvalue weighted by molar-refractivity contribution is 5.78. The minimum Gasteiger partial charge on any atom is -0.334 e. The van der Waals surface area contributed by atoms with Crippen molar-refractivity contribution in [3.8, 4) is 0 Å². The summed E-state index contributed by atoms with van der Waals surface area (Å²) in [6.45, 7) is 6.05. The first-order valence-electron chi connectivity index (χ1n) is 9.62. The van der Waals surface area contributed by atoms with Gasteiger partial charge in [-0.15, -0.1) is 0 Å². The summed E-state index contributed by atoms with van der Waals surface area (Å²) in [4.78, 5) is 17.5. The van der Waals surface area contributed by atoms with Gasteiger partial charge in [0.25, 0.3) is 0 Å². The van der Waals surface area contributed by atoms with Crippen LogP contribution in [0, 0.1) is 5.82 Å². The molecule has 0 radical (unpaired) electrons. The fraction of sp³-hybridized carbons (Fsp3) is 0.650. The van der Waals surface area contributed by atoms with E-state index in [2.05, 4.69) is 22.0 Å². The average Bonchev–Trinajstić information content (AvgIpc) is 2.64. The van der Waals surface area contributed by atoms with Crippen LogP contribution in [0.5, 0.6) is 0 Å². The van der Waals surface area contributed by atoms with Crippen LogP contribution in [-0.4, -0.2) is 54.0 Å². The van der Waals surface area contributed by atoms with Crippen LogP contribution in [0.2, 0.25) is 0 Å². The summed E-state index contributed by atoms with van der Waals surface area (Å²) in [5.41, 5.74) is 1.01. The number of benzene rings is 1. The van der Waals surface area contributed by atoms with Gasteiger partial charge in [0.1, 0.15) is 5.82 Å². The van der Waals surface area contributed by atoms with E-state index in [0.29, 0.717) is 25.2 Å². The Hall–Kier alpha value is -1.46. The van der Waals surface area contributed by atoms with Crippen molar-refractivity contribution in [2.45, 2.75) is 57.7 Å². The van der Waals surface area contributed by atoms with Crippen molar-refractivity contribution in [1.29, 1.82) is 0 Å². The van der Waals surface area contributed by atoms with E-state index in [-0.39, 0.29) is 11.7 Å². The second kappa shape index (κ2) is 8.77. The number of piperazine rings is 1. The summed E-state index contributed by atoms with van der Waals surface area (Å²) >= 11 is 0. The number of carbonyl (C=O) groups excluding carboxylic acids is 1. The molecule has 1 heterocycles. The highest BCUT2D eigenvalue weighted by Gasteiger charge is 2.28. The lowest BCUT2D eigenvalue weighted by Crippen LogP contribution is -2.54. The Morgan fingerprint density at radius 2 is 1.96 bits per heavy atom. The van der Waals surface area contributed by atoms with Crippen LogP contribution in [0.25, 0.3) is 0 Å². The van der Waals surface area contributed by atoms with Gasteiger partial charge in [0.2, 0.25) is 5.91 Å². The van der Waals surface area contributed by atoms with Crippen LogP contribution < -0.4 is 5.32 Å². The van der Waals surface area contributed by atoms with Gasteiger partial charge in [-0.3, -0.25) is 9.69 Å². The van der Waals surface area contributed by atoms with Gasteiger partial charge < -0.3 is 10.2 Å². The molecule has 2 fully saturated rings. The smallest absolute Gasteiger partial charge is 0.237 e. The summed E-state index contributed by atoms with van der Waals surface area (Å²) < 4.78 is 13.2. The van der Waals surface area contributed by atoms with Crippen molar-refractivity contribution in [2.24, 2.45) is 0 Å². The van der Waals surface area contributed by atoms with E-state index in [0.717, 1.165) is 38.0 Å². The van der Waals surface area contributed by atoms with Crippen LogP contribution in [0.1, 0.15) is 44.6 Å². The van der Waals surface area contributed by atoms with Crippen molar-refractivity contribution in [3.63, 3.8) is 0 Å². The first-order valence-corrected chi connectivity index (χ1v) is 9.62. The van der Waals surface area contributed by atoms with Crippen LogP contribution in [0.15, 0.2) is 24.3 Å². The van der Waals surface area contributed by atoms with Crippen molar-refractivity contribution >= 4 is 5.91 Å². The van der Waals surface area contributed by atoms with Crippen LogP contribution in [-0.2, 0) is 11.3 Å². The summed E-state index contributed by atoms with van der Waals surface area (Å²) in [6.07, 6.45) is 5.84. The quantitative estimate of drug-likeness (QED) is 0.890. The molecule has 0 aromatic heterocycles. The molecule has 1 amide bonds. The minimum atomic E-state index is -0.228. The van der Waals surface area contributed by atoms with Gasteiger partial charge in [0.15, 0.2) is 0 Å². The molecule has 0 spiro atoms. The molecule has 0 unspecified atom stereocenters. The van der Waals surface area contributed by atoms with E-state index in [1.165, 1.54) is 31.4 Å². The number of hydrogen-bond acceptors (Lipinski definition) is 3. The number of halogens is 1. The van der Waals surface area contributed by atoms with Crippen LogP contribution in [0.3, 0.4) is 0 Å². The molecule has 3 rings (SSSR count). The minimum absolute atomic E-state index is 0.213. The Bertz CT molecular complexity index is 557. The van der Waals surface area contributed by atoms with Gasteiger partial charge in [-0.25, -0.2) is 4.39 Å². The number of amides is 1. The lowest BCUT2D eigenvalue weighted by molar-refractivity contribution is -0.137. The number of nitrogens with one attached hydrogen (secondary N) is 1. The Morgan fingerprint density at radius 3 is 2.64 bits per heavy atom. The van der Waals surface area contributed by atoms with Gasteiger partial charge in [-0.2, -0.15) is 0 Å². The molecule has 138 valence electrons. The molecule has 5 heteroatoms. The van der Waals surface area contributed by atoms with Gasteiger partial charge in [-0.05, 0) is 37.5 Å². The first-order chi connectivity index (χ1) is 12.1. The second-order valence-electron chi connectivity index (χ2n) is 7.46. The first kappa shape index (κ1) is 18.3. The largest absolute Gasteiger partial charge is 0.334 e. The summed E-state index contributed by atoms with van der Waals surface area (Å²) in [5, 5.41) is 3.37. The van der Waals surface area contributed by atoms with E-state index in [1.807, 2.05) is 0 Å². The molecule has 1 aromatic rings. The fourth-order valence-electron chi connectivity index (χ4n) is 3.98. The van der Waals surface area contributed by atoms with Gasteiger partial charge >= 0.3 is 0 Å². The van der Waals surface area contributed by atoms with Crippen molar-refractivity contribution in [2.75, 3.05) is 26.2 Å². The fourth-order valence-corrected chi connectivity index (χ4v) is 3.98. The van der Waals surface area contributed by atoms with Crippen molar-refractivity contribution < 1.29 is 9.18 Å². The van der Waals surface area contributed by atoms with Crippen molar-refractivity contribution in [1.82, 2.24) is 15.1 Å². The zero-order valence-electron chi connectivity index (χ0n) is 15.2. The lowest BCUT2D eigenvalue weighted by Gasteiger charge is -2.38. The molecule has 1 saturated heterocycles. The standard InChI is InChI=1S/C20H30FN3O/c1-16-13-22-11-12-23(16)15-20(25)24(19-5-3-2-4-6-19)14-17-7-9-18(21)10-8-17/h7-10,16,19,22H,2-6,11-15H2,1H3/t16-/m1/s1. The third kappa shape index (κ3) is 5.02. The highest BCUT2D eigenvalue weighted by Crippen LogP contribution is 2.24. The van der Waals surface area contributed by atoms with E-state index < -0.39 is 0 Å². The molecular weight excluding hydrogens is 317 g/mol. The lowest BCUT2D eigenvalue weighted by atomic mass is 9.93. The normalized spacial score (nSPS) is 22.7. The van der Waals surface area contributed by atoms with Crippen molar-refractivity contribution in [3.05, 3.63) is 35.6 Å². The maximum Gasteiger partial charge on any atom is 0.237 e. The topological polar surface area (TPSA) is 35.6 Å². The molecule has 0 bridgehead atoms. The molecule has 1 N–H and O–H groups in total. The maximum absolute atomic E-state index is 13.2. The van der Waals surface area contributed by atoms with Gasteiger partial charge in [0, 0.05) is 38.3 Å². The van der Waals surface area contributed by atoms with E-state index in [1.54, 1.807) is 12.1 Å². The summed E-state index contributed by atoms with van der Waals surface area (Å²) in [5.74, 6) is -0.0149. The zero-order chi connectivity index (χ0) is 17.6. The third-order valence-electron chi connectivity index (χ3n) is 5.58. The second-order valence-corrected chi connectivity index (χ2v) is 7.46. The average molecular weight is 347 g/mol. The summed E-state index contributed by atoms with van der Waals surface area (Å²) in [7, 11) is 0. The van der Waals surface area contributed by atoms with E-state index in [4.69, 9.17) is 0 Å². The van der Waals surface area contributed by atoms with E-state index >= 15 is 0 Å². The Labute approximate surface area is 150 Å². The molecule has 2 aliphatic rings. The van der Waals surface area contributed by atoms with Gasteiger partial charge in [0.05, 0.1) is 6.54 Å². The summed E-state index contributed by atoms with van der Waals surface area (Å²) in [6, 6.07) is 7.27. The third-order valence-corrected chi connectivity index (χ3v) is 5.58. The molecule has 25 heavy (non-hydrogen) atoms. The van der Waals surface area contributed by atoms with E-state index in [9.17, 15) is 9.18 Å². The highest BCUT2D eigenvalue weighted by atomic mass is 19.1.